The fourth-order valence-corrected chi connectivity index (χ4v) is 12.1. The van der Waals surface area contributed by atoms with Crippen molar-refractivity contribution in [1.29, 1.82) is 0 Å². The molecule has 0 amide bonds. The molecule has 0 aliphatic heterocycles. The molecule has 17 nitrogen and oxygen atoms in total. The normalized spacial score (nSPS) is 14.3. The Hall–Kier alpha value is -1.94. The first kappa shape index (κ1) is 87.1. The molecule has 0 aliphatic carbocycles. The van der Waals surface area contributed by atoms with E-state index in [1.165, 1.54) is 148 Å². The van der Waals surface area contributed by atoms with Crippen molar-refractivity contribution in [2.45, 2.75) is 363 Å². The summed E-state index contributed by atoms with van der Waals surface area (Å²) in [6, 6.07) is 0. The predicted molar refractivity (Wildman–Crippen MR) is 358 cm³/mol. The Morgan fingerprint density at radius 1 is 0.281 bits per heavy atom. The molecule has 0 radical (unpaired) electrons. The summed E-state index contributed by atoms with van der Waals surface area (Å²) in [5.41, 5.74) is 0. The number of carbonyl (C=O) groups is 4. The number of aliphatic hydroxyl groups is 1. The molecule has 0 saturated carbocycles. The molecule has 0 fully saturated rings. The van der Waals surface area contributed by atoms with Gasteiger partial charge in [-0.2, -0.15) is 0 Å². The van der Waals surface area contributed by atoms with Crippen molar-refractivity contribution in [3.8, 4) is 0 Å². The van der Waals surface area contributed by atoms with Gasteiger partial charge >= 0.3 is 39.5 Å². The van der Waals surface area contributed by atoms with E-state index in [2.05, 4.69) is 55.4 Å². The fourth-order valence-electron chi connectivity index (χ4n) is 10.5. The van der Waals surface area contributed by atoms with E-state index in [1.807, 2.05) is 0 Å². The largest absolute Gasteiger partial charge is 0.472 e. The minimum absolute atomic E-state index is 0.101. The van der Waals surface area contributed by atoms with Gasteiger partial charge in [-0.25, -0.2) is 9.13 Å². The summed E-state index contributed by atoms with van der Waals surface area (Å²) in [7, 11) is -9.90. The van der Waals surface area contributed by atoms with Crippen LogP contribution in [-0.4, -0.2) is 96.7 Å². The first-order chi connectivity index (χ1) is 42.6. The van der Waals surface area contributed by atoms with Gasteiger partial charge in [0.1, 0.15) is 19.3 Å². The van der Waals surface area contributed by atoms with Gasteiger partial charge in [-0.1, -0.05) is 293 Å². The van der Waals surface area contributed by atoms with Crippen LogP contribution in [0.2, 0.25) is 0 Å². The van der Waals surface area contributed by atoms with Crippen LogP contribution in [0.1, 0.15) is 344 Å². The van der Waals surface area contributed by atoms with Crippen LogP contribution in [0.3, 0.4) is 0 Å². The maximum Gasteiger partial charge on any atom is 0.472 e. The van der Waals surface area contributed by atoms with Crippen molar-refractivity contribution in [3.05, 3.63) is 0 Å². The van der Waals surface area contributed by atoms with Gasteiger partial charge in [-0.15, -0.1) is 0 Å². The van der Waals surface area contributed by atoms with Crippen LogP contribution >= 0.6 is 15.6 Å². The predicted octanol–water partition coefficient (Wildman–Crippen LogP) is 19.7. The highest BCUT2D eigenvalue weighted by atomic mass is 31.2. The zero-order chi connectivity index (χ0) is 66.1. The molecule has 89 heavy (non-hydrogen) atoms. The van der Waals surface area contributed by atoms with Gasteiger partial charge in [0, 0.05) is 25.7 Å². The van der Waals surface area contributed by atoms with Crippen LogP contribution in [0.15, 0.2) is 0 Å². The second-order valence-corrected chi connectivity index (χ2v) is 30.1. The number of aliphatic hydroxyl groups excluding tert-OH is 1. The Bertz CT molecular complexity index is 1760. The second-order valence-electron chi connectivity index (χ2n) is 27.2. The SMILES string of the molecule is CC(C)CCCCCCCCCCCCCCCCC(=O)OC[C@H](COP(=O)(O)OCC(O)COP(=O)(O)OC[C@@H](COC(=O)CCCCCCCCCCC(C)C)OC(=O)CCCCCCCCC(C)C)OC(=O)CCCCCCCCCCCC(C)C. The maximum atomic E-state index is 13.0. The van der Waals surface area contributed by atoms with Gasteiger partial charge in [-0.05, 0) is 49.4 Å². The standard InChI is InChI=1S/C70H136O17P2/c1-60(2)46-38-30-22-16-13-11-9-10-12-14-18-25-34-42-50-67(72)80-56-65(86-69(74)52-44-36-27-19-15-17-23-31-39-47-61(3)4)58-84-88(76,77)82-54-64(71)55-83-89(78,79)85-59-66(87-70(75)53-45-37-29-28-33-41-49-63(7)8)57-81-68(73)51-43-35-26-21-20-24-32-40-48-62(5)6/h60-66,71H,9-59H2,1-8H3,(H,76,77)(H,78,79)/t64?,65-,66-/m1/s1. The molecule has 0 aromatic carbocycles. The van der Waals surface area contributed by atoms with Gasteiger partial charge in [-0.3, -0.25) is 37.3 Å². The summed E-state index contributed by atoms with van der Waals surface area (Å²) in [5.74, 6) is 0.797. The van der Waals surface area contributed by atoms with E-state index in [4.69, 9.17) is 37.0 Å². The molecule has 0 aromatic heterocycles. The lowest BCUT2D eigenvalue weighted by molar-refractivity contribution is -0.161. The second kappa shape index (κ2) is 59.8. The van der Waals surface area contributed by atoms with Crippen molar-refractivity contribution in [3.63, 3.8) is 0 Å². The van der Waals surface area contributed by atoms with Gasteiger partial charge < -0.3 is 33.8 Å². The number of hydrogen-bond donors (Lipinski definition) is 3. The van der Waals surface area contributed by atoms with Crippen molar-refractivity contribution >= 4 is 39.5 Å². The Balaban J connectivity index is 5.21. The molecular weight excluding hydrogens is 1170 g/mol. The highest BCUT2D eigenvalue weighted by Crippen LogP contribution is 2.45. The van der Waals surface area contributed by atoms with Crippen molar-refractivity contribution in [2.75, 3.05) is 39.6 Å². The highest BCUT2D eigenvalue weighted by molar-refractivity contribution is 7.47. The Kier molecular flexibility index (Phi) is 58.5. The number of phosphoric acid groups is 2. The lowest BCUT2D eigenvalue weighted by Gasteiger charge is -2.21. The minimum Gasteiger partial charge on any atom is -0.462 e. The summed E-state index contributed by atoms with van der Waals surface area (Å²) in [5, 5.41) is 10.6. The van der Waals surface area contributed by atoms with Crippen LogP contribution < -0.4 is 0 Å². The minimum atomic E-state index is -4.95. The van der Waals surface area contributed by atoms with Gasteiger partial charge in [0.05, 0.1) is 26.4 Å². The van der Waals surface area contributed by atoms with Gasteiger partial charge in [0.25, 0.3) is 0 Å². The van der Waals surface area contributed by atoms with Crippen LogP contribution in [0.5, 0.6) is 0 Å². The number of carbonyl (C=O) groups excluding carboxylic acids is 4. The van der Waals surface area contributed by atoms with E-state index in [-0.39, 0.29) is 25.7 Å². The summed E-state index contributed by atoms with van der Waals surface area (Å²) in [6.07, 6.45) is 42.0. The Morgan fingerprint density at radius 2 is 0.472 bits per heavy atom. The van der Waals surface area contributed by atoms with Crippen molar-refractivity contribution in [1.82, 2.24) is 0 Å². The molecule has 19 heteroatoms. The number of ether oxygens (including phenoxy) is 4. The van der Waals surface area contributed by atoms with Crippen LogP contribution in [-0.2, 0) is 65.4 Å². The van der Waals surface area contributed by atoms with Crippen LogP contribution in [0.4, 0.5) is 0 Å². The van der Waals surface area contributed by atoms with E-state index < -0.39 is 97.5 Å². The number of hydrogen-bond acceptors (Lipinski definition) is 15. The summed E-state index contributed by atoms with van der Waals surface area (Å²) in [4.78, 5) is 72.5. The quantitative estimate of drug-likeness (QED) is 0.0222. The van der Waals surface area contributed by atoms with Crippen molar-refractivity contribution < 1.29 is 80.2 Å². The van der Waals surface area contributed by atoms with Crippen LogP contribution in [0, 0.1) is 23.7 Å². The molecule has 0 saturated heterocycles. The third kappa shape index (κ3) is 64.6. The molecular formula is C70H136O17P2. The highest BCUT2D eigenvalue weighted by Gasteiger charge is 2.30. The maximum absolute atomic E-state index is 13.0. The molecule has 528 valence electrons. The average Bonchev–Trinajstić information content (AvgIpc) is 3.63. The smallest absolute Gasteiger partial charge is 0.462 e. The molecule has 0 heterocycles. The molecule has 0 bridgehead atoms. The molecule has 0 rings (SSSR count). The van der Waals surface area contributed by atoms with E-state index >= 15 is 0 Å². The molecule has 0 spiro atoms. The molecule has 0 aromatic rings. The van der Waals surface area contributed by atoms with Crippen molar-refractivity contribution in [2.24, 2.45) is 23.7 Å². The third-order valence-electron chi connectivity index (χ3n) is 16.1. The van der Waals surface area contributed by atoms with Gasteiger partial charge in [0.2, 0.25) is 0 Å². The third-order valence-corrected chi connectivity index (χ3v) is 18.0. The van der Waals surface area contributed by atoms with E-state index in [9.17, 15) is 43.2 Å². The van der Waals surface area contributed by atoms with Crippen LogP contribution in [0.25, 0.3) is 0 Å². The Labute approximate surface area is 543 Å². The fraction of sp³-hybridized carbons (Fsp3) is 0.943. The molecule has 5 atom stereocenters. The van der Waals surface area contributed by atoms with Gasteiger partial charge in [0.15, 0.2) is 12.2 Å². The number of rotatable bonds is 67. The first-order valence-corrected chi connectivity index (χ1v) is 39.2. The summed E-state index contributed by atoms with van der Waals surface area (Å²) < 4.78 is 68.2. The zero-order valence-corrected chi connectivity index (χ0v) is 59.8. The molecule has 3 unspecified atom stereocenters. The van der Waals surface area contributed by atoms with E-state index in [0.29, 0.717) is 31.6 Å². The van der Waals surface area contributed by atoms with E-state index in [1.54, 1.807) is 0 Å². The van der Waals surface area contributed by atoms with E-state index in [0.717, 1.165) is 108 Å². The number of esters is 4. The monoisotopic (exact) mass is 1310 g/mol. The number of phosphoric ester groups is 2. The Morgan fingerprint density at radius 3 is 0.697 bits per heavy atom. The summed E-state index contributed by atoms with van der Waals surface area (Å²) >= 11 is 0. The lowest BCUT2D eigenvalue weighted by atomic mass is 10.0. The topological polar surface area (TPSA) is 237 Å². The number of unbranched alkanes of at least 4 members (excludes halogenated alkanes) is 33. The molecule has 3 N–H and O–H groups in total. The molecule has 0 aliphatic rings. The summed E-state index contributed by atoms with van der Waals surface area (Å²) in [6.45, 7) is 14.0. The first-order valence-electron chi connectivity index (χ1n) is 36.2. The lowest BCUT2D eigenvalue weighted by Crippen LogP contribution is -2.30. The average molecular weight is 1310 g/mol. The zero-order valence-electron chi connectivity index (χ0n) is 58.1.